The van der Waals surface area contributed by atoms with Crippen LogP contribution in [0, 0.1) is 116 Å². The fraction of sp³-hybridized carbons (Fsp3) is 0.103. The van der Waals surface area contributed by atoms with Crippen molar-refractivity contribution >= 4 is 38.9 Å². The fourth-order valence-corrected chi connectivity index (χ4v) is 5.80. The molecule has 0 aliphatic carbocycles. The Morgan fingerprint density at radius 3 is 0.574 bits per heavy atom. The van der Waals surface area contributed by atoms with Gasteiger partial charge in [-0.1, -0.05) is 0 Å². The molecule has 294 valence electrons. The Balaban J connectivity index is 0.000000772. The summed E-state index contributed by atoms with van der Waals surface area (Å²) < 4.78 is 328. The molecule has 0 atom stereocenters. The molecule has 0 fully saturated rings. The molecule has 0 saturated carbocycles. The maximum Gasteiger partial charge on any atom is 0.306 e. The maximum absolute atomic E-state index is 15.4. The van der Waals surface area contributed by atoms with Crippen molar-refractivity contribution in [2.45, 2.75) is 0 Å². The van der Waals surface area contributed by atoms with E-state index in [1.54, 1.807) is 12.5 Å². The molecule has 0 amide bonds. The Hall–Kier alpha value is -4.58. The van der Waals surface area contributed by atoms with E-state index in [1.807, 2.05) is 0 Å². The van der Waals surface area contributed by atoms with Gasteiger partial charge < -0.3 is 0 Å². The highest BCUT2D eigenvalue weighted by Crippen LogP contribution is 2.30. The second kappa shape index (κ2) is 15.6. The van der Waals surface area contributed by atoms with Gasteiger partial charge in [0.25, 0.3) is 0 Å². The summed E-state index contributed by atoms with van der Waals surface area (Å²) in [6, 6.07) is 0. The Bertz CT molecular complexity index is 1830. The smallest absolute Gasteiger partial charge is 0.207 e. The summed E-state index contributed by atoms with van der Waals surface area (Å²) >= 11 is 0. The average Bonchev–Trinajstić information content (AvgIpc) is 3.11. The van der Waals surface area contributed by atoms with Gasteiger partial charge in [-0.3, -0.25) is 0 Å². The van der Waals surface area contributed by atoms with Crippen molar-refractivity contribution in [1.82, 2.24) is 0 Å². The van der Waals surface area contributed by atoms with Crippen LogP contribution in [0.5, 0.6) is 0 Å². The summed E-state index contributed by atoms with van der Waals surface area (Å²) in [6.07, 6.45) is -5.98. The third-order valence-corrected chi connectivity index (χ3v) is 8.16. The van der Waals surface area contributed by atoms with E-state index >= 15 is 35.1 Å². The molecule has 0 bridgehead atoms. The Labute approximate surface area is 286 Å². The van der Waals surface area contributed by atoms with Crippen molar-refractivity contribution in [1.29, 1.82) is 0 Å². The lowest BCUT2D eigenvalue weighted by atomic mass is 9.12. The highest BCUT2D eigenvalue weighted by molar-refractivity contribution is 7.95. The zero-order chi connectivity index (χ0) is 41.8. The molecule has 0 spiro atoms. The molecule has 4 rings (SSSR count). The third kappa shape index (κ3) is 6.71. The lowest BCUT2D eigenvalue weighted by Crippen LogP contribution is -2.81. The topological polar surface area (TPSA) is 0 Å². The number of halogens is 23. The van der Waals surface area contributed by atoms with Crippen molar-refractivity contribution in [3.8, 4) is 0 Å². The van der Waals surface area contributed by atoms with Gasteiger partial charge in [0.05, 0.1) is 12.5 Å². The standard InChI is InChI=1S/C24BF20.C5H8F3S/c26-5-1(6(27)14(35)21(42)13(5)34)25(2-7(28)15(36)22(43)16(37)8(2)29,3-9(30)17(38)23(44)18(39)10(3)31)4-11(32)19(40)24(45)20(41)12(4)33;1-9(2)3-4(6)5(7)8/h;3H2,1-2H3/q-1;+1. The van der Waals surface area contributed by atoms with Crippen molar-refractivity contribution in [2.75, 3.05) is 18.3 Å². The van der Waals surface area contributed by atoms with Gasteiger partial charge in [-0.2, -0.15) is 8.78 Å². The molecule has 0 nitrogen and oxygen atoms in total. The van der Waals surface area contributed by atoms with Crippen LogP contribution < -0.4 is 21.9 Å². The first-order valence-electron chi connectivity index (χ1n) is 13.2. The first-order chi connectivity index (χ1) is 24.7. The van der Waals surface area contributed by atoms with Crippen LogP contribution in [-0.2, 0) is 10.9 Å². The number of hydrogen-bond donors (Lipinski definition) is 0. The summed E-state index contributed by atoms with van der Waals surface area (Å²) in [4.78, 5) is 0. The highest BCUT2D eigenvalue weighted by atomic mass is 32.2. The summed E-state index contributed by atoms with van der Waals surface area (Å²) in [6.45, 7) is 0. The quantitative estimate of drug-likeness (QED) is 0.0613. The van der Waals surface area contributed by atoms with Crippen molar-refractivity contribution in [3.63, 3.8) is 0 Å². The van der Waals surface area contributed by atoms with Crippen LogP contribution in [0.15, 0.2) is 11.9 Å². The molecule has 0 heterocycles. The van der Waals surface area contributed by atoms with Crippen molar-refractivity contribution < 1.29 is 101 Å². The van der Waals surface area contributed by atoms with E-state index in [2.05, 4.69) is 0 Å². The summed E-state index contributed by atoms with van der Waals surface area (Å²) in [5.41, 5.74) is -14.3. The molecule has 54 heavy (non-hydrogen) atoms. The zero-order valence-electron chi connectivity index (χ0n) is 25.4. The molecule has 0 radical (unpaired) electrons. The van der Waals surface area contributed by atoms with Crippen LogP contribution in [0.3, 0.4) is 0 Å². The fourth-order valence-electron chi connectivity index (χ4n) is 5.18. The molecule has 0 aliphatic heterocycles. The van der Waals surface area contributed by atoms with Crippen LogP contribution in [-0.4, -0.2) is 24.4 Å². The van der Waals surface area contributed by atoms with Gasteiger partial charge >= 0.3 is 6.08 Å². The predicted molar refractivity (Wildman–Crippen MR) is 144 cm³/mol. The largest absolute Gasteiger partial charge is 0.306 e. The second-order valence-corrected chi connectivity index (χ2v) is 12.9. The van der Waals surface area contributed by atoms with Crippen molar-refractivity contribution in [2.24, 2.45) is 0 Å². The van der Waals surface area contributed by atoms with Gasteiger partial charge in [0, 0.05) is 0 Å². The van der Waals surface area contributed by atoms with E-state index in [-0.39, 0.29) is 16.6 Å². The Morgan fingerprint density at radius 2 is 0.463 bits per heavy atom. The molecule has 0 N–H and O–H groups in total. The van der Waals surface area contributed by atoms with E-state index in [0.717, 1.165) is 0 Å². The number of hydrogen-bond acceptors (Lipinski definition) is 0. The average molecular weight is 836 g/mol. The summed E-state index contributed by atoms with van der Waals surface area (Å²) in [5, 5.41) is 0. The van der Waals surface area contributed by atoms with E-state index in [9.17, 15) is 65.9 Å². The molecular weight excluding hydrogens is 828 g/mol. The van der Waals surface area contributed by atoms with Crippen LogP contribution in [0.2, 0.25) is 0 Å². The lowest BCUT2D eigenvalue weighted by molar-refractivity contribution is 0.378. The Morgan fingerprint density at radius 1 is 0.315 bits per heavy atom. The third-order valence-electron chi connectivity index (χ3n) is 7.33. The lowest BCUT2D eigenvalue weighted by Gasteiger charge is -2.44. The van der Waals surface area contributed by atoms with Crippen LogP contribution in [0.1, 0.15) is 0 Å². The maximum atomic E-state index is 15.4. The summed E-state index contributed by atoms with van der Waals surface area (Å²) in [7, 11) is -0.279. The van der Waals surface area contributed by atoms with E-state index in [1.165, 1.54) is 0 Å². The molecule has 0 aromatic heterocycles. The minimum atomic E-state index is -7.22. The van der Waals surface area contributed by atoms with Gasteiger partial charge in [-0.05, 0) is 10.9 Å². The zero-order valence-corrected chi connectivity index (χ0v) is 26.2. The summed E-state index contributed by atoms with van der Waals surface area (Å²) in [5.74, 6) is -72.8. The molecule has 0 saturated heterocycles. The van der Waals surface area contributed by atoms with Gasteiger partial charge in [0.2, 0.25) is 5.83 Å². The molecule has 4 aromatic rings. The van der Waals surface area contributed by atoms with Gasteiger partial charge in [-0.25, -0.2) is 92.2 Å². The van der Waals surface area contributed by atoms with Gasteiger partial charge in [0.15, 0.2) is 75.6 Å². The molecule has 25 heteroatoms. The monoisotopic (exact) mass is 836 g/mol. The second-order valence-electron chi connectivity index (χ2n) is 10.6. The minimum Gasteiger partial charge on any atom is -0.207 e. The van der Waals surface area contributed by atoms with Crippen LogP contribution >= 0.6 is 0 Å². The normalized spacial score (nSPS) is 11.7. The highest BCUT2D eigenvalue weighted by Gasteiger charge is 2.52. The molecule has 4 aromatic carbocycles. The molecular formula is C29H8BF23S. The van der Waals surface area contributed by atoms with Crippen LogP contribution in [0.4, 0.5) is 101 Å². The number of benzene rings is 4. The van der Waals surface area contributed by atoms with E-state index in [0.29, 0.717) is 0 Å². The van der Waals surface area contributed by atoms with Gasteiger partial charge in [0.1, 0.15) is 52.7 Å². The molecule has 0 unspecified atom stereocenters. The first kappa shape index (κ1) is 43.8. The van der Waals surface area contributed by atoms with Crippen LogP contribution in [0.25, 0.3) is 0 Å². The predicted octanol–water partition coefficient (Wildman–Crippen LogP) is 7.79. The Kier molecular flexibility index (Phi) is 12.7. The van der Waals surface area contributed by atoms with E-state index < -0.39 is 156 Å². The minimum absolute atomic E-state index is 0.137. The van der Waals surface area contributed by atoms with Gasteiger partial charge in [-0.15, -0.1) is 21.9 Å². The molecule has 0 aliphatic rings. The van der Waals surface area contributed by atoms with Crippen molar-refractivity contribution in [3.05, 3.63) is 128 Å². The first-order valence-corrected chi connectivity index (χ1v) is 15.4. The van der Waals surface area contributed by atoms with E-state index in [4.69, 9.17) is 0 Å². The number of rotatable bonds is 6. The SMILES string of the molecule is C[S+](C)CC(F)=C(F)F.Fc1c(F)c(F)c([B-](c2c(F)c(F)c(F)c(F)c2F)(c2c(F)c(F)c(F)c(F)c2F)c2c(F)c(F)c(F)c(F)c2F)c(F)c1F.